The highest BCUT2D eigenvalue weighted by molar-refractivity contribution is 7.80. The van der Waals surface area contributed by atoms with Crippen LogP contribution in [-0.4, -0.2) is 9.97 Å². The fourth-order valence-corrected chi connectivity index (χ4v) is 0.811. The van der Waals surface area contributed by atoms with Gasteiger partial charge in [0, 0.05) is 12.1 Å². The Labute approximate surface area is 66.1 Å². The number of nitrogens with zero attached hydrogens (tertiary/aromatic N) is 2. The third-order valence-electron chi connectivity index (χ3n) is 1.18. The molecule has 1 aromatic heterocycles. The smallest absolute Gasteiger partial charge is 0.132 e. The van der Waals surface area contributed by atoms with Crippen molar-refractivity contribution in [3.63, 3.8) is 0 Å². The van der Waals surface area contributed by atoms with Crippen LogP contribution in [0.25, 0.3) is 0 Å². The number of aromatic nitrogens is 2. The van der Waals surface area contributed by atoms with Crippen LogP contribution < -0.4 is 0 Å². The molecule has 10 heavy (non-hydrogen) atoms. The minimum Gasteiger partial charge on any atom is -0.241 e. The molecule has 54 valence electrons. The lowest BCUT2D eigenvalue weighted by Crippen LogP contribution is -1.95. The van der Waals surface area contributed by atoms with E-state index in [-0.39, 0.29) is 0 Å². The van der Waals surface area contributed by atoms with Crippen molar-refractivity contribution < 1.29 is 0 Å². The van der Waals surface area contributed by atoms with E-state index >= 15 is 0 Å². The molecule has 0 atom stereocenters. The van der Waals surface area contributed by atoms with Gasteiger partial charge in [0.25, 0.3) is 0 Å². The zero-order chi connectivity index (χ0) is 7.56. The van der Waals surface area contributed by atoms with Crippen LogP contribution in [0.15, 0.2) is 17.3 Å². The second-order valence-electron chi connectivity index (χ2n) is 2.43. The summed E-state index contributed by atoms with van der Waals surface area (Å²) in [7, 11) is 0. The van der Waals surface area contributed by atoms with E-state index in [4.69, 9.17) is 0 Å². The molecule has 1 aromatic rings. The molecule has 0 radical (unpaired) electrons. The second-order valence-corrected chi connectivity index (χ2v) is 2.89. The molecule has 0 saturated carbocycles. The van der Waals surface area contributed by atoms with Crippen LogP contribution in [-0.2, 0) is 0 Å². The van der Waals surface area contributed by atoms with Crippen molar-refractivity contribution in [1.82, 2.24) is 9.97 Å². The van der Waals surface area contributed by atoms with E-state index in [0.717, 1.165) is 10.9 Å². The Bertz CT molecular complexity index is 223. The standard InChI is InChI=1S/C7H10N2S/c1-5(2)7-8-4-3-6(10)9-7/h3-5H,1-2H3,(H,8,9,10). The molecular formula is C7H10N2S. The molecule has 0 unspecified atom stereocenters. The molecule has 0 aliphatic heterocycles. The van der Waals surface area contributed by atoms with Gasteiger partial charge in [-0.15, -0.1) is 12.6 Å². The first-order chi connectivity index (χ1) is 4.70. The summed E-state index contributed by atoms with van der Waals surface area (Å²) in [6, 6.07) is 1.77. The molecule has 3 heteroatoms. The van der Waals surface area contributed by atoms with Crippen LogP contribution in [0.2, 0.25) is 0 Å². The Morgan fingerprint density at radius 3 is 2.60 bits per heavy atom. The Morgan fingerprint density at radius 2 is 2.20 bits per heavy atom. The van der Waals surface area contributed by atoms with E-state index in [9.17, 15) is 0 Å². The lowest BCUT2D eigenvalue weighted by Gasteiger charge is -2.01. The molecule has 0 aliphatic rings. The van der Waals surface area contributed by atoms with Crippen molar-refractivity contribution >= 4 is 12.6 Å². The normalized spacial score (nSPS) is 10.4. The zero-order valence-electron chi connectivity index (χ0n) is 6.07. The third-order valence-corrected chi connectivity index (χ3v) is 1.42. The molecule has 0 bridgehead atoms. The van der Waals surface area contributed by atoms with Crippen molar-refractivity contribution in [1.29, 1.82) is 0 Å². The predicted molar refractivity (Wildman–Crippen MR) is 43.4 cm³/mol. The molecule has 0 N–H and O–H groups in total. The van der Waals surface area contributed by atoms with Gasteiger partial charge < -0.3 is 0 Å². The maximum Gasteiger partial charge on any atom is 0.132 e. The van der Waals surface area contributed by atoms with Crippen molar-refractivity contribution in [3.8, 4) is 0 Å². The molecule has 1 rings (SSSR count). The summed E-state index contributed by atoms with van der Waals surface area (Å²) in [4.78, 5) is 8.20. The molecular weight excluding hydrogens is 144 g/mol. The largest absolute Gasteiger partial charge is 0.241 e. The van der Waals surface area contributed by atoms with Gasteiger partial charge in [0.2, 0.25) is 0 Å². The number of hydrogen-bond donors (Lipinski definition) is 1. The quantitative estimate of drug-likeness (QED) is 0.493. The summed E-state index contributed by atoms with van der Waals surface area (Å²) >= 11 is 4.10. The Balaban J connectivity index is 2.96. The first-order valence-corrected chi connectivity index (χ1v) is 3.67. The van der Waals surface area contributed by atoms with Gasteiger partial charge in [-0.25, -0.2) is 9.97 Å². The van der Waals surface area contributed by atoms with E-state index < -0.39 is 0 Å². The lowest BCUT2D eigenvalue weighted by molar-refractivity contribution is 0.754. The Hall–Kier alpha value is -0.570. The number of rotatable bonds is 1. The monoisotopic (exact) mass is 154 g/mol. The summed E-state index contributed by atoms with van der Waals surface area (Å²) in [6.45, 7) is 4.12. The molecule has 0 amide bonds. The molecule has 0 saturated heterocycles. The van der Waals surface area contributed by atoms with Crippen LogP contribution in [0, 0.1) is 0 Å². The highest BCUT2D eigenvalue weighted by atomic mass is 32.1. The van der Waals surface area contributed by atoms with Crippen molar-refractivity contribution in [2.24, 2.45) is 0 Å². The Kier molecular flexibility index (Phi) is 2.27. The van der Waals surface area contributed by atoms with Gasteiger partial charge in [-0.1, -0.05) is 13.8 Å². The number of hydrogen-bond acceptors (Lipinski definition) is 3. The third kappa shape index (κ3) is 1.70. The first-order valence-electron chi connectivity index (χ1n) is 3.22. The van der Waals surface area contributed by atoms with E-state index in [0.29, 0.717) is 5.92 Å². The SMILES string of the molecule is CC(C)c1nccc(S)n1. The summed E-state index contributed by atoms with van der Waals surface area (Å²) in [6.07, 6.45) is 1.73. The molecule has 2 nitrogen and oxygen atoms in total. The molecule has 0 aliphatic carbocycles. The van der Waals surface area contributed by atoms with E-state index in [2.05, 4.69) is 36.4 Å². The van der Waals surface area contributed by atoms with Gasteiger partial charge in [-0.2, -0.15) is 0 Å². The topological polar surface area (TPSA) is 25.8 Å². The maximum atomic E-state index is 4.13. The van der Waals surface area contributed by atoms with Crippen LogP contribution in [0.4, 0.5) is 0 Å². The lowest BCUT2D eigenvalue weighted by atomic mass is 10.2. The predicted octanol–water partition coefficient (Wildman–Crippen LogP) is 1.89. The van der Waals surface area contributed by atoms with E-state index in [1.807, 2.05) is 0 Å². The van der Waals surface area contributed by atoms with Gasteiger partial charge in [0.1, 0.15) is 5.82 Å². The molecule has 0 fully saturated rings. The van der Waals surface area contributed by atoms with Crippen LogP contribution >= 0.6 is 12.6 Å². The van der Waals surface area contributed by atoms with Crippen molar-refractivity contribution in [2.75, 3.05) is 0 Å². The summed E-state index contributed by atoms with van der Waals surface area (Å²) in [5.74, 6) is 1.24. The highest BCUT2D eigenvalue weighted by Crippen LogP contribution is 2.09. The van der Waals surface area contributed by atoms with Gasteiger partial charge in [0.15, 0.2) is 0 Å². The average molecular weight is 154 g/mol. The van der Waals surface area contributed by atoms with Gasteiger partial charge in [0.05, 0.1) is 5.03 Å². The maximum absolute atomic E-state index is 4.13. The Morgan fingerprint density at radius 1 is 1.50 bits per heavy atom. The fourth-order valence-electron chi connectivity index (χ4n) is 0.642. The first kappa shape index (κ1) is 7.54. The van der Waals surface area contributed by atoms with Crippen molar-refractivity contribution in [2.45, 2.75) is 24.8 Å². The highest BCUT2D eigenvalue weighted by Gasteiger charge is 2.00. The summed E-state index contributed by atoms with van der Waals surface area (Å²) < 4.78 is 0. The zero-order valence-corrected chi connectivity index (χ0v) is 6.97. The van der Waals surface area contributed by atoms with Gasteiger partial charge in [-0.3, -0.25) is 0 Å². The minimum absolute atomic E-state index is 0.382. The van der Waals surface area contributed by atoms with Crippen LogP contribution in [0.3, 0.4) is 0 Å². The van der Waals surface area contributed by atoms with Crippen LogP contribution in [0.5, 0.6) is 0 Å². The summed E-state index contributed by atoms with van der Waals surface area (Å²) in [5, 5.41) is 0.735. The average Bonchev–Trinajstić information content (AvgIpc) is 1.88. The molecule has 0 spiro atoms. The van der Waals surface area contributed by atoms with Gasteiger partial charge >= 0.3 is 0 Å². The van der Waals surface area contributed by atoms with E-state index in [1.54, 1.807) is 12.3 Å². The fraction of sp³-hybridized carbons (Fsp3) is 0.429. The molecule has 1 heterocycles. The minimum atomic E-state index is 0.382. The second kappa shape index (κ2) is 3.01. The van der Waals surface area contributed by atoms with Crippen LogP contribution in [0.1, 0.15) is 25.6 Å². The van der Waals surface area contributed by atoms with E-state index in [1.165, 1.54) is 0 Å². The summed E-state index contributed by atoms with van der Waals surface area (Å²) in [5.41, 5.74) is 0. The number of thiol groups is 1. The van der Waals surface area contributed by atoms with Gasteiger partial charge in [-0.05, 0) is 6.07 Å². The van der Waals surface area contributed by atoms with Crippen molar-refractivity contribution in [3.05, 3.63) is 18.1 Å². The molecule has 0 aromatic carbocycles.